The Hall–Kier alpha value is -2.47. The van der Waals surface area contributed by atoms with Crippen LogP contribution in [-0.2, 0) is 17.9 Å². The van der Waals surface area contributed by atoms with E-state index >= 15 is 0 Å². The molecule has 2 aromatic rings. The van der Waals surface area contributed by atoms with Gasteiger partial charge in [0.15, 0.2) is 0 Å². The maximum atomic E-state index is 13.8. The van der Waals surface area contributed by atoms with Crippen LogP contribution in [0.15, 0.2) is 53.5 Å². The smallest absolute Gasteiger partial charge is 0.250 e. The molecule has 3 rings (SSSR count). The summed E-state index contributed by atoms with van der Waals surface area (Å²) in [5.41, 5.74) is 0.600. The van der Waals surface area contributed by atoms with Gasteiger partial charge in [0.2, 0.25) is 5.91 Å². The number of nitrogens with zero attached hydrogens (tertiary/aromatic N) is 3. The van der Waals surface area contributed by atoms with Crippen LogP contribution in [0.3, 0.4) is 0 Å². The van der Waals surface area contributed by atoms with Gasteiger partial charge in [-0.25, -0.2) is 4.39 Å². The van der Waals surface area contributed by atoms with Crippen LogP contribution in [0.5, 0.6) is 0 Å². The molecule has 1 amide bonds. The van der Waals surface area contributed by atoms with Gasteiger partial charge in [-0.3, -0.25) is 14.5 Å². The van der Waals surface area contributed by atoms with Crippen molar-refractivity contribution in [2.24, 2.45) is 0 Å². The van der Waals surface area contributed by atoms with Gasteiger partial charge in [0.1, 0.15) is 5.82 Å². The highest BCUT2D eigenvalue weighted by Crippen LogP contribution is 2.13. The predicted molar refractivity (Wildman–Crippen MR) is 98.2 cm³/mol. The molecule has 1 aromatic heterocycles. The Morgan fingerprint density at radius 2 is 1.81 bits per heavy atom. The van der Waals surface area contributed by atoms with Crippen molar-refractivity contribution < 1.29 is 9.18 Å². The molecule has 1 fully saturated rings. The number of carbonyl (C=O) groups excluding carboxylic acids is 1. The number of rotatable bonds is 5. The van der Waals surface area contributed by atoms with Gasteiger partial charge in [-0.2, -0.15) is 0 Å². The lowest BCUT2D eigenvalue weighted by molar-refractivity contribution is -0.131. The molecule has 0 spiro atoms. The van der Waals surface area contributed by atoms with Crippen LogP contribution in [0.2, 0.25) is 0 Å². The van der Waals surface area contributed by atoms with E-state index in [1.807, 2.05) is 11.0 Å². The molecule has 1 aromatic carbocycles. The SMILES string of the molecule is O=C(CCn1ccccc1=O)N1CCCN(Cc2ccccc2F)CC1. The Balaban J connectivity index is 1.51. The standard InChI is InChI=1S/C20H24FN3O2/c21-18-7-2-1-6-17(18)16-22-10-5-12-24(15-14-22)20(26)9-13-23-11-4-3-8-19(23)25/h1-4,6-8,11H,5,9-10,12-16H2. The van der Waals surface area contributed by atoms with Crippen LogP contribution in [0, 0.1) is 5.82 Å². The summed E-state index contributed by atoms with van der Waals surface area (Å²) in [6.45, 7) is 3.87. The zero-order valence-electron chi connectivity index (χ0n) is 14.8. The van der Waals surface area contributed by atoms with E-state index in [4.69, 9.17) is 0 Å². The highest BCUT2D eigenvalue weighted by molar-refractivity contribution is 5.76. The largest absolute Gasteiger partial charge is 0.341 e. The van der Waals surface area contributed by atoms with Crippen molar-refractivity contribution in [3.63, 3.8) is 0 Å². The van der Waals surface area contributed by atoms with Gasteiger partial charge in [-0.05, 0) is 18.6 Å². The summed E-state index contributed by atoms with van der Waals surface area (Å²) in [5, 5.41) is 0. The molecule has 6 heteroatoms. The van der Waals surface area contributed by atoms with Crippen LogP contribution >= 0.6 is 0 Å². The average molecular weight is 357 g/mol. The molecule has 2 heterocycles. The zero-order valence-corrected chi connectivity index (χ0v) is 14.8. The Kier molecular flexibility index (Phi) is 6.17. The van der Waals surface area contributed by atoms with Crippen molar-refractivity contribution in [2.75, 3.05) is 26.2 Å². The summed E-state index contributed by atoms with van der Waals surface area (Å²) < 4.78 is 15.4. The Morgan fingerprint density at radius 1 is 1.00 bits per heavy atom. The summed E-state index contributed by atoms with van der Waals surface area (Å²) in [5.74, 6) is -0.119. The number of amides is 1. The Morgan fingerprint density at radius 3 is 2.62 bits per heavy atom. The first kappa shape index (κ1) is 18.3. The van der Waals surface area contributed by atoms with E-state index in [-0.39, 0.29) is 17.3 Å². The molecular formula is C20H24FN3O2. The minimum absolute atomic E-state index is 0.0634. The van der Waals surface area contributed by atoms with Crippen LogP contribution in [-0.4, -0.2) is 46.5 Å². The second kappa shape index (κ2) is 8.76. The lowest BCUT2D eigenvalue weighted by Crippen LogP contribution is -2.36. The monoisotopic (exact) mass is 357 g/mol. The molecule has 0 bridgehead atoms. The number of halogens is 1. The lowest BCUT2D eigenvalue weighted by Gasteiger charge is -2.22. The predicted octanol–water partition coefficient (Wildman–Crippen LogP) is 2.11. The van der Waals surface area contributed by atoms with Gasteiger partial charge in [-0.15, -0.1) is 0 Å². The van der Waals surface area contributed by atoms with E-state index in [0.717, 1.165) is 19.5 Å². The first-order chi connectivity index (χ1) is 12.6. The fourth-order valence-electron chi connectivity index (χ4n) is 3.27. The number of benzene rings is 1. The summed E-state index contributed by atoms with van der Waals surface area (Å²) in [6, 6.07) is 11.8. The number of hydrogen-bond acceptors (Lipinski definition) is 3. The maximum Gasteiger partial charge on any atom is 0.250 e. The topological polar surface area (TPSA) is 45.6 Å². The lowest BCUT2D eigenvalue weighted by atomic mass is 10.2. The summed E-state index contributed by atoms with van der Waals surface area (Å²) >= 11 is 0. The van der Waals surface area contributed by atoms with Crippen molar-refractivity contribution >= 4 is 5.91 Å². The molecular weight excluding hydrogens is 333 g/mol. The molecule has 0 atom stereocenters. The molecule has 1 aliphatic heterocycles. The van der Waals surface area contributed by atoms with Gasteiger partial charge >= 0.3 is 0 Å². The van der Waals surface area contributed by atoms with Crippen molar-refractivity contribution in [1.82, 2.24) is 14.4 Å². The van der Waals surface area contributed by atoms with Gasteiger partial charge in [0.05, 0.1) is 0 Å². The third-order valence-electron chi connectivity index (χ3n) is 4.76. The van der Waals surface area contributed by atoms with Crippen LogP contribution in [0.1, 0.15) is 18.4 Å². The second-order valence-electron chi connectivity index (χ2n) is 6.58. The fourth-order valence-corrected chi connectivity index (χ4v) is 3.27. The van der Waals surface area contributed by atoms with E-state index in [1.54, 1.807) is 35.0 Å². The molecule has 0 unspecified atom stereocenters. The molecule has 0 aliphatic carbocycles. The van der Waals surface area contributed by atoms with Gasteiger partial charge in [0, 0.05) is 63.5 Å². The maximum absolute atomic E-state index is 13.8. The van der Waals surface area contributed by atoms with Crippen molar-refractivity contribution in [3.05, 3.63) is 70.4 Å². The number of aryl methyl sites for hydroxylation is 1. The number of pyridine rings is 1. The minimum atomic E-state index is -0.182. The van der Waals surface area contributed by atoms with E-state index in [9.17, 15) is 14.0 Å². The quantitative estimate of drug-likeness (QED) is 0.823. The fraction of sp³-hybridized carbons (Fsp3) is 0.400. The van der Waals surface area contributed by atoms with Crippen molar-refractivity contribution in [3.8, 4) is 0 Å². The molecule has 5 nitrogen and oxygen atoms in total. The molecule has 1 saturated heterocycles. The highest BCUT2D eigenvalue weighted by atomic mass is 19.1. The first-order valence-electron chi connectivity index (χ1n) is 9.02. The molecule has 138 valence electrons. The molecule has 26 heavy (non-hydrogen) atoms. The molecule has 0 saturated carbocycles. The first-order valence-corrected chi connectivity index (χ1v) is 9.02. The summed E-state index contributed by atoms with van der Waals surface area (Å²) in [4.78, 5) is 28.2. The summed E-state index contributed by atoms with van der Waals surface area (Å²) in [7, 11) is 0. The van der Waals surface area contributed by atoms with Gasteiger partial charge in [-0.1, -0.05) is 24.3 Å². The molecule has 1 aliphatic rings. The van der Waals surface area contributed by atoms with Crippen molar-refractivity contribution in [2.45, 2.75) is 25.9 Å². The average Bonchev–Trinajstić information content (AvgIpc) is 2.88. The third-order valence-corrected chi connectivity index (χ3v) is 4.76. The normalized spacial score (nSPS) is 15.7. The van der Waals surface area contributed by atoms with Crippen LogP contribution < -0.4 is 5.56 Å². The molecule has 0 N–H and O–H groups in total. The van der Waals surface area contributed by atoms with E-state index in [2.05, 4.69) is 4.90 Å². The van der Waals surface area contributed by atoms with Crippen LogP contribution in [0.25, 0.3) is 0 Å². The zero-order chi connectivity index (χ0) is 18.4. The number of aromatic nitrogens is 1. The highest BCUT2D eigenvalue weighted by Gasteiger charge is 2.19. The summed E-state index contributed by atoms with van der Waals surface area (Å²) in [6.07, 6.45) is 2.89. The van der Waals surface area contributed by atoms with E-state index in [0.29, 0.717) is 38.2 Å². The van der Waals surface area contributed by atoms with Gasteiger partial charge in [0.25, 0.3) is 5.56 Å². The van der Waals surface area contributed by atoms with E-state index in [1.165, 1.54) is 12.1 Å². The second-order valence-corrected chi connectivity index (χ2v) is 6.58. The minimum Gasteiger partial charge on any atom is -0.341 e. The Bertz CT molecular complexity index is 805. The van der Waals surface area contributed by atoms with Crippen LogP contribution in [0.4, 0.5) is 4.39 Å². The third kappa shape index (κ3) is 4.79. The van der Waals surface area contributed by atoms with Gasteiger partial charge < -0.3 is 9.47 Å². The van der Waals surface area contributed by atoms with E-state index < -0.39 is 0 Å². The van der Waals surface area contributed by atoms with Crippen molar-refractivity contribution in [1.29, 1.82) is 0 Å². The number of hydrogen-bond donors (Lipinski definition) is 0. The Labute approximate surface area is 152 Å². The number of carbonyl (C=O) groups is 1. The molecule has 0 radical (unpaired) electrons.